The van der Waals surface area contributed by atoms with Gasteiger partial charge in [-0.3, -0.25) is 0 Å². The van der Waals surface area contributed by atoms with Crippen LogP contribution in [0.3, 0.4) is 0 Å². The van der Waals surface area contributed by atoms with E-state index >= 15 is 0 Å². The SMILES string of the molecule is CCCP(CCC)c1cc2ccccc2[cH-]1.CCCP(CCC)c1cc2ccccc2[cH-]1.[Cl-].[Cl-].[Ti+2].[Ti+2].c1ccc(P(c2ccccc2)c2cc3ccccc3[cH-]2)cc1.c1ccc(P(c2ccccc2)c2cc3ccccc3[cH-]2)cc1. The maximum atomic E-state index is 2.41. The molecule has 0 saturated carbocycles. The molecule has 0 heterocycles. The van der Waals surface area contributed by atoms with Crippen LogP contribution in [0.5, 0.6) is 0 Å². The number of rotatable bonds is 16. The van der Waals surface area contributed by atoms with Gasteiger partial charge in [-0.05, 0) is 61.7 Å². The summed E-state index contributed by atoms with van der Waals surface area (Å²) in [6.07, 6.45) is 10.8. The van der Waals surface area contributed by atoms with Crippen molar-refractivity contribution in [1.82, 2.24) is 0 Å². The molecule has 80 heavy (non-hydrogen) atoms. The van der Waals surface area contributed by atoms with Gasteiger partial charge in [0.2, 0.25) is 0 Å². The van der Waals surface area contributed by atoms with Crippen molar-refractivity contribution in [2.75, 3.05) is 24.6 Å². The zero-order valence-electron chi connectivity index (χ0n) is 46.6. The molecule has 0 aromatic heterocycles. The maximum Gasteiger partial charge on any atom is 2.00 e. The molecule has 0 fully saturated rings. The second-order valence-electron chi connectivity index (χ2n) is 19.4. The van der Waals surface area contributed by atoms with Gasteiger partial charge in [0.1, 0.15) is 0 Å². The molecule has 0 nitrogen and oxygen atoms in total. The van der Waals surface area contributed by atoms with Crippen LogP contribution in [0.1, 0.15) is 53.4 Å². The van der Waals surface area contributed by atoms with Crippen LogP contribution in [0.2, 0.25) is 0 Å². The van der Waals surface area contributed by atoms with E-state index in [-0.39, 0.29) is 84.1 Å². The zero-order valence-corrected chi connectivity index (χ0v) is 54.8. The Morgan fingerprint density at radius 1 is 0.263 bits per heavy atom. The Balaban J connectivity index is 0.000000195. The van der Waals surface area contributed by atoms with E-state index in [0.29, 0.717) is 0 Å². The Morgan fingerprint density at radius 2 is 0.463 bits per heavy atom. The minimum atomic E-state index is -0.493. The molecule has 0 aliphatic heterocycles. The monoisotopic (exact) mass is 1230 g/mol. The first-order valence-corrected chi connectivity index (χ1v) is 33.6. The predicted octanol–water partition coefficient (Wildman–Crippen LogP) is 11.6. The number of benzene rings is 8. The molecule has 0 unspecified atom stereocenters. The molecular weight excluding hydrogens is 1160 g/mol. The summed E-state index contributed by atoms with van der Waals surface area (Å²) in [5, 5.41) is 22.7. The van der Waals surface area contributed by atoms with Crippen LogP contribution in [0, 0.1) is 0 Å². The number of hydrogen-bond donors (Lipinski definition) is 0. The minimum Gasteiger partial charge on any atom is -1.00 e. The molecule has 0 aliphatic carbocycles. The largest absolute Gasteiger partial charge is 2.00 e. The third-order valence-electron chi connectivity index (χ3n) is 13.7. The van der Waals surface area contributed by atoms with Gasteiger partial charge in [-0.1, -0.05) is 215 Å². The fraction of sp³-hybridized carbons (Fsp3) is 0.167. The maximum absolute atomic E-state index is 2.41. The summed E-state index contributed by atoms with van der Waals surface area (Å²) in [6, 6.07) is 97.1. The quantitative estimate of drug-likeness (QED) is 0.0514. The van der Waals surface area contributed by atoms with Crippen LogP contribution >= 0.6 is 31.7 Å². The molecule has 0 saturated heterocycles. The molecule has 0 N–H and O–H groups in total. The summed E-state index contributed by atoms with van der Waals surface area (Å²) in [5.41, 5.74) is 0. The van der Waals surface area contributed by atoms with Gasteiger partial charge < -0.3 is 24.8 Å². The molecule has 0 spiro atoms. The van der Waals surface area contributed by atoms with E-state index in [4.69, 9.17) is 0 Å². The summed E-state index contributed by atoms with van der Waals surface area (Å²) < 4.78 is 0. The standard InChI is InChI=1S/2C21H16P.2C15H20P.2ClH.2Ti/c2*1-3-11-19(12-4-1)22(20-13-5-2-6-14-20)21-15-17-9-7-8-10-18(17)16-21;2*1-3-9-16(10-4-2)15-11-13-7-5-6-8-14(13)12-15;;;;/h2*1-16H;2*5-8,11-12H,3-4,9-10H2,1-2H3;2*1H;;/q4*-1;;;2*+2/p-2. The van der Waals surface area contributed by atoms with Crippen molar-refractivity contribution in [1.29, 1.82) is 0 Å². The third kappa shape index (κ3) is 18.0. The molecule has 12 aromatic carbocycles. The molecule has 12 aromatic rings. The van der Waals surface area contributed by atoms with Gasteiger partial charge in [-0.25, -0.2) is 0 Å². The van der Waals surface area contributed by atoms with Gasteiger partial charge in [-0.2, -0.15) is 24.3 Å². The topological polar surface area (TPSA) is 0 Å². The van der Waals surface area contributed by atoms with Crippen LogP contribution in [0.25, 0.3) is 43.1 Å². The number of hydrogen-bond acceptors (Lipinski definition) is 0. The van der Waals surface area contributed by atoms with Gasteiger partial charge in [0.25, 0.3) is 0 Å². The zero-order chi connectivity index (χ0) is 52.3. The second kappa shape index (κ2) is 35.2. The van der Waals surface area contributed by atoms with Crippen LogP contribution in [-0.2, 0) is 43.4 Å². The summed E-state index contributed by atoms with van der Waals surface area (Å²) in [7, 11) is -0.791. The molecular formula is C72H72Cl2P4Ti2-2. The van der Waals surface area contributed by atoms with Gasteiger partial charge in [0, 0.05) is 0 Å². The average molecular weight is 1230 g/mol. The van der Waals surface area contributed by atoms with Crippen molar-refractivity contribution in [2.45, 2.75) is 53.4 Å². The first-order chi connectivity index (χ1) is 37.5. The first kappa shape index (κ1) is 66.7. The minimum absolute atomic E-state index is 0. The van der Waals surface area contributed by atoms with Crippen molar-refractivity contribution in [3.8, 4) is 0 Å². The van der Waals surface area contributed by atoms with Crippen LogP contribution in [0.15, 0.2) is 267 Å². The molecule has 12 rings (SSSR count). The van der Waals surface area contributed by atoms with Gasteiger partial charge in [0.05, 0.1) is 0 Å². The summed E-state index contributed by atoms with van der Waals surface area (Å²) in [5.74, 6) is 0. The molecule has 0 bridgehead atoms. The summed E-state index contributed by atoms with van der Waals surface area (Å²) >= 11 is 0. The normalized spacial score (nSPS) is 10.7. The van der Waals surface area contributed by atoms with Crippen LogP contribution in [0.4, 0.5) is 0 Å². The number of halogens is 2. The second-order valence-corrected chi connectivity index (χ2v) is 28.8. The van der Waals surface area contributed by atoms with E-state index in [1.807, 2.05) is 0 Å². The molecule has 0 amide bonds. The Labute approximate surface area is 525 Å². The first-order valence-electron chi connectivity index (χ1n) is 27.5. The summed E-state index contributed by atoms with van der Waals surface area (Å²) in [6.45, 7) is 9.20. The molecule has 0 aliphatic rings. The Bertz CT molecular complexity index is 3130. The van der Waals surface area contributed by atoms with Crippen molar-refractivity contribution in [3.63, 3.8) is 0 Å². The molecule has 0 atom stereocenters. The summed E-state index contributed by atoms with van der Waals surface area (Å²) in [4.78, 5) is 0. The number of fused-ring (bicyclic) bond motifs is 4. The Kier molecular flexibility index (Phi) is 29.3. The van der Waals surface area contributed by atoms with E-state index in [0.717, 1.165) is 0 Å². The van der Waals surface area contributed by atoms with Crippen LogP contribution in [-0.4, -0.2) is 24.6 Å². The third-order valence-corrected chi connectivity index (χ3v) is 24.4. The fourth-order valence-electron chi connectivity index (χ4n) is 10.2. The predicted molar refractivity (Wildman–Crippen MR) is 349 cm³/mol. The smallest absolute Gasteiger partial charge is 1.00 e. The molecule has 8 heteroatoms. The van der Waals surface area contributed by atoms with E-state index in [9.17, 15) is 0 Å². The van der Waals surface area contributed by atoms with E-state index in [1.165, 1.54) is 125 Å². The van der Waals surface area contributed by atoms with E-state index in [1.54, 1.807) is 10.6 Å². The van der Waals surface area contributed by atoms with E-state index in [2.05, 4.69) is 295 Å². The molecule has 0 radical (unpaired) electrons. The Hall–Kier alpha value is -4.07. The Morgan fingerprint density at radius 3 is 0.688 bits per heavy atom. The van der Waals surface area contributed by atoms with Crippen molar-refractivity contribution < 1.29 is 68.2 Å². The van der Waals surface area contributed by atoms with Crippen molar-refractivity contribution in [3.05, 3.63) is 267 Å². The average Bonchev–Trinajstić information content (AvgIpc) is 4.31. The fourth-order valence-corrected chi connectivity index (χ4v) is 19.9. The van der Waals surface area contributed by atoms with E-state index < -0.39 is 15.8 Å². The van der Waals surface area contributed by atoms with Gasteiger partial charge in [-0.15, -0.1) is 161 Å². The van der Waals surface area contributed by atoms with Gasteiger partial charge >= 0.3 is 43.4 Å². The van der Waals surface area contributed by atoms with Crippen molar-refractivity contribution in [2.24, 2.45) is 0 Å². The van der Waals surface area contributed by atoms with Crippen molar-refractivity contribution >= 4 is 117 Å². The van der Waals surface area contributed by atoms with Crippen LogP contribution < -0.4 is 67.3 Å². The molecule has 404 valence electrons. The van der Waals surface area contributed by atoms with Gasteiger partial charge in [0.15, 0.2) is 0 Å².